The fraction of sp³-hybridized carbons (Fsp3) is 0.750. The minimum absolute atomic E-state index is 0.649. The van der Waals surface area contributed by atoms with Crippen LogP contribution in [0.2, 0.25) is 0 Å². The second-order valence-corrected chi connectivity index (χ2v) is 6.55. The topological polar surface area (TPSA) is 50.9 Å². The number of nitrogens with zero attached hydrogens (tertiary/aromatic N) is 1. The molecule has 0 aliphatic heterocycles. The maximum atomic E-state index is 5.82. The highest BCUT2D eigenvalue weighted by atomic mass is 32.2. The third-order valence-corrected chi connectivity index (χ3v) is 4.86. The van der Waals surface area contributed by atoms with E-state index in [0.717, 1.165) is 16.4 Å². The molecule has 0 aliphatic carbocycles. The molecule has 0 bridgehead atoms. The van der Waals surface area contributed by atoms with Crippen molar-refractivity contribution in [3.05, 3.63) is 0 Å². The Hall–Kier alpha value is -0.420. The smallest absolute Gasteiger partial charge is 0.153 e. The summed E-state index contributed by atoms with van der Waals surface area (Å²) < 4.78 is 4.19. The van der Waals surface area contributed by atoms with Gasteiger partial charge in [-0.25, -0.2) is 0 Å². The number of nitrogen functional groups attached to an aromatic ring is 1. The molecule has 98 valence electrons. The van der Waals surface area contributed by atoms with Gasteiger partial charge >= 0.3 is 0 Å². The zero-order valence-electron chi connectivity index (χ0n) is 11.3. The molecule has 0 saturated heterocycles. The molecular weight excluding hydrogens is 250 g/mol. The highest BCUT2D eigenvalue weighted by molar-refractivity contribution is 7.99. The van der Waals surface area contributed by atoms with Crippen molar-refractivity contribution in [2.24, 2.45) is 17.8 Å². The Morgan fingerprint density at radius 3 is 2.35 bits per heavy atom. The van der Waals surface area contributed by atoms with Crippen LogP contribution in [0.3, 0.4) is 0 Å². The summed E-state index contributed by atoms with van der Waals surface area (Å²) in [4.78, 5) is 1.08. The summed E-state index contributed by atoms with van der Waals surface area (Å²) in [7, 11) is 0. The molecular formula is C12H23N3S2. The van der Waals surface area contributed by atoms with E-state index in [4.69, 9.17) is 5.73 Å². The van der Waals surface area contributed by atoms with Gasteiger partial charge in [-0.15, -0.1) is 11.8 Å². The Bertz CT molecular complexity index is 340. The third-order valence-electron chi connectivity index (χ3n) is 3.09. The average molecular weight is 273 g/mol. The normalized spacial score (nSPS) is 11.8. The summed E-state index contributed by atoms with van der Waals surface area (Å²) in [6.07, 6.45) is 2.04. The van der Waals surface area contributed by atoms with Gasteiger partial charge in [0.2, 0.25) is 0 Å². The number of hydrogen-bond acceptors (Lipinski definition) is 5. The van der Waals surface area contributed by atoms with Crippen molar-refractivity contribution in [1.82, 2.24) is 4.37 Å². The summed E-state index contributed by atoms with van der Waals surface area (Å²) in [5.74, 6) is 2.69. The van der Waals surface area contributed by atoms with Crippen molar-refractivity contribution in [2.75, 3.05) is 23.9 Å². The third kappa shape index (κ3) is 3.78. The number of hydrogen-bond donors (Lipinski definition) is 2. The van der Waals surface area contributed by atoms with Crippen LogP contribution >= 0.6 is 23.3 Å². The van der Waals surface area contributed by atoms with Crippen molar-refractivity contribution in [3.63, 3.8) is 0 Å². The van der Waals surface area contributed by atoms with E-state index in [1.54, 1.807) is 11.8 Å². The lowest BCUT2D eigenvalue weighted by atomic mass is 9.85. The molecule has 1 rings (SSSR count). The molecule has 0 aliphatic rings. The molecule has 0 radical (unpaired) electrons. The van der Waals surface area contributed by atoms with Crippen molar-refractivity contribution in [3.8, 4) is 0 Å². The first-order valence-corrected chi connectivity index (χ1v) is 8.00. The number of thioether (sulfide) groups is 1. The number of nitrogens with two attached hydrogens (primary N) is 1. The van der Waals surface area contributed by atoms with E-state index < -0.39 is 0 Å². The predicted octanol–water partition coefficient (Wildman–Crippen LogP) is 3.79. The van der Waals surface area contributed by atoms with Crippen LogP contribution in [0, 0.1) is 17.8 Å². The van der Waals surface area contributed by atoms with Crippen LogP contribution in [0.4, 0.5) is 10.8 Å². The van der Waals surface area contributed by atoms with Gasteiger partial charge in [0.1, 0.15) is 5.00 Å². The number of rotatable bonds is 6. The van der Waals surface area contributed by atoms with Gasteiger partial charge < -0.3 is 11.1 Å². The maximum absolute atomic E-state index is 5.82. The predicted molar refractivity (Wildman–Crippen MR) is 80.0 cm³/mol. The van der Waals surface area contributed by atoms with Crippen molar-refractivity contribution >= 4 is 34.1 Å². The quantitative estimate of drug-likeness (QED) is 0.774. The maximum Gasteiger partial charge on any atom is 0.153 e. The molecule has 0 amide bonds. The van der Waals surface area contributed by atoms with E-state index in [1.807, 2.05) is 6.26 Å². The highest BCUT2D eigenvalue weighted by Gasteiger charge is 2.18. The Morgan fingerprint density at radius 2 is 1.88 bits per heavy atom. The minimum atomic E-state index is 0.649. The SMILES string of the molecule is CSc1c(N)nsc1NCC(C(C)C)C(C)C. The Labute approximate surface area is 113 Å². The van der Waals surface area contributed by atoms with Gasteiger partial charge in [-0.1, -0.05) is 27.7 Å². The summed E-state index contributed by atoms with van der Waals surface area (Å²) in [5.41, 5.74) is 5.82. The standard InChI is InChI=1S/C12H23N3S2/c1-7(2)9(8(3)4)6-14-12-10(16-5)11(13)15-17-12/h7-9,14H,6H2,1-5H3,(H2,13,15). The monoisotopic (exact) mass is 273 g/mol. The van der Waals surface area contributed by atoms with Crippen molar-refractivity contribution < 1.29 is 0 Å². The Kier molecular flexibility index (Phi) is 5.59. The van der Waals surface area contributed by atoms with Crippen LogP contribution in [0.25, 0.3) is 0 Å². The van der Waals surface area contributed by atoms with Crippen LogP contribution in [0.15, 0.2) is 4.90 Å². The van der Waals surface area contributed by atoms with E-state index in [1.165, 1.54) is 11.5 Å². The summed E-state index contributed by atoms with van der Waals surface area (Å²) in [6, 6.07) is 0. The average Bonchev–Trinajstić information content (AvgIpc) is 2.58. The van der Waals surface area contributed by atoms with Gasteiger partial charge in [-0.3, -0.25) is 0 Å². The Balaban J connectivity index is 2.65. The van der Waals surface area contributed by atoms with Crippen molar-refractivity contribution in [1.29, 1.82) is 0 Å². The lowest BCUT2D eigenvalue weighted by molar-refractivity contribution is 0.304. The number of nitrogens with one attached hydrogen (secondary N) is 1. The fourth-order valence-electron chi connectivity index (χ4n) is 2.06. The molecule has 0 aromatic carbocycles. The molecule has 1 aromatic heterocycles. The largest absolute Gasteiger partial charge is 0.382 e. The number of anilines is 2. The van der Waals surface area contributed by atoms with Gasteiger partial charge in [0.25, 0.3) is 0 Å². The van der Waals surface area contributed by atoms with Crippen LogP contribution in [0.1, 0.15) is 27.7 Å². The van der Waals surface area contributed by atoms with E-state index in [-0.39, 0.29) is 0 Å². The zero-order chi connectivity index (χ0) is 13.0. The lowest BCUT2D eigenvalue weighted by Crippen LogP contribution is -2.24. The molecule has 0 atom stereocenters. The van der Waals surface area contributed by atoms with E-state index in [9.17, 15) is 0 Å². The zero-order valence-corrected chi connectivity index (χ0v) is 12.9. The van der Waals surface area contributed by atoms with Crippen LogP contribution in [-0.4, -0.2) is 17.2 Å². The van der Waals surface area contributed by atoms with Gasteiger partial charge in [0, 0.05) is 6.54 Å². The molecule has 5 heteroatoms. The molecule has 0 unspecified atom stereocenters. The highest BCUT2D eigenvalue weighted by Crippen LogP contribution is 2.35. The second-order valence-electron chi connectivity index (χ2n) is 4.96. The summed E-state index contributed by atoms with van der Waals surface area (Å²) in [6.45, 7) is 10.1. The van der Waals surface area contributed by atoms with Crippen LogP contribution in [0.5, 0.6) is 0 Å². The Morgan fingerprint density at radius 1 is 1.29 bits per heavy atom. The first-order valence-electron chi connectivity index (χ1n) is 6.00. The van der Waals surface area contributed by atoms with E-state index in [2.05, 4.69) is 37.4 Å². The molecule has 3 nitrogen and oxygen atoms in total. The molecule has 0 fully saturated rings. The number of aromatic nitrogens is 1. The van der Waals surface area contributed by atoms with Gasteiger partial charge in [0.05, 0.1) is 4.90 Å². The molecule has 1 aromatic rings. The molecule has 0 saturated carbocycles. The first kappa shape index (κ1) is 14.6. The van der Waals surface area contributed by atoms with Crippen LogP contribution < -0.4 is 11.1 Å². The van der Waals surface area contributed by atoms with Crippen LogP contribution in [-0.2, 0) is 0 Å². The molecule has 3 N–H and O–H groups in total. The minimum Gasteiger partial charge on any atom is -0.382 e. The van der Waals surface area contributed by atoms with E-state index >= 15 is 0 Å². The first-order chi connectivity index (χ1) is 7.97. The summed E-state index contributed by atoms with van der Waals surface area (Å²) >= 11 is 3.12. The second kappa shape index (κ2) is 6.50. The van der Waals surface area contributed by atoms with Gasteiger partial charge in [0.15, 0.2) is 5.82 Å². The summed E-state index contributed by atoms with van der Waals surface area (Å²) in [5, 5.41) is 4.62. The fourth-order valence-corrected chi connectivity index (χ4v) is 3.60. The van der Waals surface area contributed by atoms with Crippen molar-refractivity contribution in [2.45, 2.75) is 32.6 Å². The molecule has 1 heterocycles. The molecule has 0 spiro atoms. The van der Waals surface area contributed by atoms with Gasteiger partial charge in [-0.2, -0.15) is 4.37 Å². The van der Waals surface area contributed by atoms with Gasteiger partial charge in [-0.05, 0) is 35.5 Å². The molecule has 17 heavy (non-hydrogen) atoms. The van der Waals surface area contributed by atoms with E-state index in [0.29, 0.717) is 23.6 Å². The lowest BCUT2D eigenvalue weighted by Gasteiger charge is -2.25.